The van der Waals surface area contributed by atoms with Crippen molar-refractivity contribution in [3.8, 4) is 11.1 Å². The fourth-order valence-corrected chi connectivity index (χ4v) is 5.95. The van der Waals surface area contributed by atoms with Crippen LogP contribution in [-0.2, 0) is 13.0 Å². The molecule has 0 bridgehead atoms. The number of amides is 1. The standard InChI is InChI=1S/C33H42N6O2/c1-7-8-24-17-22(4)36-33(41)29(24)20-35-32(40)27-19-28(26-10-12-39(21(2)3)31(26)23(27)5)25-9-11-34-30(18-25)38-15-13-37(6)14-16-38/h9-12,17-19,21H,7-8,13-16,20H2,1-6H3,(H,35,40)(H,36,41). The van der Waals surface area contributed by atoms with Crippen LogP contribution in [0.15, 0.2) is 47.5 Å². The first-order chi connectivity index (χ1) is 19.7. The van der Waals surface area contributed by atoms with Gasteiger partial charge in [-0.15, -0.1) is 0 Å². The number of hydrogen-bond acceptors (Lipinski definition) is 5. The lowest BCUT2D eigenvalue weighted by Gasteiger charge is -2.33. The highest BCUT2D eigenvalue weighted by Gasteiger charge is 2.22. The quantitative estimate of drug-likeness (QED) is 0.312. The summed E-state index contributed by atoms with van der Waals surface area (Å²) >= 11 is 0. The van der Waals surface area contributed by atoms with E-state index in [2.05, 4.69) is 70.8 Å². The Kier molecular flexibility index (Phi) is 8.31. The number of carbonyl (C=O) groups excluding carboxylic acids is 1. The topological polar surface area (TPSA) is 86.3 Å². The molecule has 216 valence electrons. The number of carbonyl (C=O) groups is 1. The molecule has 1 aliphatic heterocycles. The highest BCUT2D eigenvalue weighted by Crippen LogP contribution is 2.36. The molecule has 0 atom stereocenters. The third-order valence-electron chi connectivity index (χ3n) is 8.25. The number of fused-ring (bicyclic) bond motifs is 1. The molecule has 4 aromatic rings. The van der Waals surface area contributed by atoms with Gasteiger partial charge in [0, 0.05) is 73.4 Å². The van der Waals surface area contributed by atoms with Gasteiger partial charge in [-0.05, 0) is 93.7 Å². The zero-order chi connectivity index (χ0) is 29.3. The van der Waals surface area contributed by atoms with Crippen LogP contribution in [0.25, 0.3) is 22.0 Å². The van der Waals surface area contributed by atoms with Gasteiger partial charge >= 0.3 is 0 Å². The molecule has 0 aliphatic carbocycles. The van der Waals surface area contributed by atoms with Gasteiger partial charge in [0.2, 0.25) is 0 Å². The van der Waals surface area contributed by atoms with Crippen molar-refractivity contribution in [3.63, 3.8) is 0 Å². The fraction of sp³-hybridized carbons (Fsp3) is 0.424. The third-order valence-corrected chi connectivity index (χ3v) is 8.25. The zero-order valence-corrected chi connectivity index (χ0v) is 25.2. The van der Waals surface area contributed by atoms with Gasteiger partial charge in [0.1, 0.15) is 5.82 Å². The molecule has 4 heterocycles. The van der Waals surface area contributed by atoms with E-state index in [9.17, 15) is 9.59 Å². The van der Waals surface area contributed by atoms with Crippen molar-refractivity contribution < 1.29 is 4.79 Å². The molecular weight excluding hydrogens is 512 g/mol. The van der Waals surface area contributed by atoms with E-state index in [0.29, 0.717) is 11.1 Å². The largest absolute Gasteiger partial charge is 0.354 e. The molecule has 5 rings (SSSR count). The molecule has 3 aromatic heterocycles. The average Bonchev–Trinajstić information content (AvgIpc) is 3.40. The Hall–Kier alpha value is -3.91. The van der Waals surface area contributed by atoms with Crippen LogP contribution in [0.3, 0.4) is 0 Å². The predicted molar refractivity (Wildman–Crippen MR) is 167 cm³/mol. The van der Waals surface area contributed by atoms with Crippen LogP contribution in [0.2, 0.25) is 0 Å². The van der Waals surface area contributed by atoms with Crippen LogP contribution in [-0.4, -0.2) is 58.6 Å². The molecule has 1 aromatic carbocycles. The number of nitrogens with zero attached hydrogens (tertiary/aromatic N) is 4. The molecule has 8 heteroatoms. The van der Waals surface area contributed by atoms with Gasteiger partial charge in [0.25, 0.3) is 11.5 Å². The minimum absolute atomic E-state index is 0.136. The SMILES string of the molecule is CCCc1cc(C)[nH]c(=O)c1CNC(=O)c1cc(-c2ccnc(N3CCN(C)CC3)c2)c2ccn(C(C)C)c2c1C. The van der Waals surface area contributed by atoms with E-state index in [0.717, 1.165) is 83.7 Å². The van der Waals surface area contributed by atoms with Crippen LogP contribution < -0.4 is 15.8 Å². The first-order valence-electron chi connectivity index (χ1n) is 14.7. The lowest BCUT2D eigenvalue weighted by Crippen LogP contribution is -2.44. The lowest BCUT2D eigenvalue weighted by atomic mass is 9.95. The normalized spacial score (nSPS) is 14.3. The predicted octanol–water partition coefficient (Wildman–Crippen LogP) is 5.22. The number of anilines is 1. The molecule has 1 fully saturated rings. The van der Waals surface area contributed by atoms with E-state index >= 15 is 0 Å². The summed E-state index contributed by atoms with van der Waals surface area (Å²) in [4.78, 5) is 38.9. The summed E-state index contributed by atoms with van der Waals surface area (Å²) in [5, 5.41) is 4.19. The summed E-state index contributed by atoms with van der Waals surface area (Å²) in [5.74, 6) is 0.776. The van der Waals surface area contributed by atoms with E-state index in [1.165, 1.54) is 0 Å². The summed E-state index contributed by atoms with van der Waals surface area (Å²) in [7, 11) is 2.15. The summed E-state index contributed by atoms with van der Waals surface area (Å²) in [5.41, 5.74) is 6.96. The molecule has 8 nitrogen and oxygen atoms in total. The number of H-pyrrole nitrogens is 1. The number of aromatic nitrogens is 3. The minimum atomic E-state index is -0.182. The number of pyridine rings is 2. The van der Waals surface area contributed by atoms with Gasteiger partial charge in [0.05, 0.1) is 5.52 Å². The van der Waals surface area contributed by atoms with Crippen molar-refractivity contribution in [2.45, 2.75) is 60.0 Å². The smallest absolute Gasteiger partial charge is 0.253 e. The number of hydrogen-bond donors (Lipinski definition) is 2. The van der Waals surface area contributed by atoms with Crippen molar-refractivity contribution in [2.24, 2.45) is 0 Å². The molecule has 0 spiro atoms. The zero-order valence-electron chi connectivity index (χ0n) is 25.2. The first kappa shape index (κ1) is 28.6. The van der Waals surface area contributed by atoms with Crippen molar-refractivity contribution in [3.05, 3.63) is 81.0 Å². The highest BCUT2D eigenvalue weighted by molar-refractivity contribution is 6.06. The molecule has 1 saturated heterocycles. The molecule has 0 unspecified atom stereocenters. The Morgan fingerprint density at radius 1 is 1.10 bits per heavy atom. The number of aryl methyl sites for hydroxylation is 3. The molecule has 1 aliphatic rings. The number of likely N-dealkylation sites (N-methyl/N-ethyl adjacent to an activating group) is 1. The Morgan fingerprint density at radius 3 is 2.56 bits per heavy atom. The van der Waals surface area contributed by atoms with Crippen LogP contribution in [0.4, 0.5) is 5.82 Å². The van der Waals surface area contributed by atoms with E-state index in [4.69, 9.17) is 4.98 Å². The van der Waals surface area contributed by atoms with Gasteiger partial charge in [-0.1, -0.05) is 13.3 Å². The maximum atomic E-state index is 13.8. The molecule has 0 radical (unpaired) electrons. The van der Waals surface area contributed by atoms with E-state index in [1.54, 1.807) is 0 Å². The third kappa shape index (κ3) is 5.79. The molecule has 2 N–H and O–H groups in total. The number of piperazine rings is 1. The van der Waals surface area contributed by atoms with E-state index in [-0.39, 0.29) is 24.1 Å². The Bertz CT molecular complexity index is 1620. The van der Waals surface area contributed by atoms with Crippen molar-refractivity contribution in [1.82, 2.24) is 24.8 Å². The summed E-state index contributed by atoms with van der Waals surface area (Å²) in [6.45, 7) is 14.4. The maximum Gasteiger partial charge on any atom is 0.253 e. The van der Waals surface area contributed by atoms with Gasteiger partial charge in [-0.3, -0.25) is 9.59 Å². The average molecular weight is 555 g/mol. The van der Waals surface area contributed by atoms with Gasteiger partial charge in [-0.25, -0.2) is 4.98 Å². The van der Waals surface area contributed by atoms with Gasteiger partial charge in [-0.2, -0.15) is 0 Å². The number of rotatable bonds is 8. The number of nitrogens with one attached hydrogen (secondary N) is 2. The van der Waals surface area contributed by atoms with E-state index < -0.39 is 0 Å². The van der Waals surface area contributed by atoms with Crippen LogP contribution in [0.5, 0.6) is 0 Å². The fourth-order valence-electron chi connectivity index (χ4n) is 5.95. The summed E-state index contributed by atoms with van der Waals surface area (Å²) in [6.07, 6.45) is 5.70. The lowest BCUT2D eigenvalue weighted by molar-refractivity contribution is 0.0950. The second kappa shape index (κ2) is 11.9. The van der Waals surface area contributed by atoms with E-state index in [1.807, 2.05) is 38.2 Å². The monoisotopic (exact) mass is 554 g/mol. The number of benzene rings is 1. The van der Waals surface area contributed by atoms with Crippen LogP contribution in [0, 0.1) is 13.8 Å². The van der Waals surface area contributed by atoms with Crippen LogP contribution in [0.1, 0.15) is 66.0 Å². The molecule has 0 saturated carbocycles. The van der Waals surface area contributed by atoms with Gasteiger partial charge in [0.15, 0.2) is 0 Å². The summed E-state index contributed by atoms with van der Waals surface area (Å²) in [6, 6.07) is 10.6. The van der Waals surface area contributed by atoms with Crippen molar-refractivity contribution in [2.75, 3.05) is 38.1 Å². The summed E-state index contributed by atoms with van der Waals surface area (Å²) < 4.78 is 2.23. The highest BCUT2D eigenvalue weighted by atomic mass is 16.1. The first-order valence-corrected chi connectivity index (χ1v) is 14.7. The van der Waals surface area contributed by atoms with Crippen LogP contribution >= 0.6 is 0 Å². The maximum absolute atomic E-state index is 13.8. The number of aromatic amines is 1. The van der Waals surface area contributed by atoms with Gasteiger partial charge < -0.3 is 24.7 Å². The second-order valence-corrected chi connectivity index (χ2v) is 11.6. The molecular formula is C33H42N6O2. The van der Waals surface area contributed by atoms with Crippen molar-refractivity contribution >= 4 is 22.6 Å². The van der Waals surface area contributed by atoms with Crippen molar-refractivity contribution in [1.29, 1.82) is 0 Å². The minimum Gasteiger partial charge on any atom is -0.354 e. The Morgan fingerprint density at radius 2 is 1.85 bits per heavy atom. The second-order valence-electron chi connectivity index (χ2n) is 11.6. The molecule has 1 amide bonds. The molecule has 41 heavy (non-hydrogen) atoms. The Labute approximate surface area is 242 Å². The Balaban J connectivity index is 1.55.